The van der Waals surface area contributed by atoms with Gasteiger partial charge in [0.15, 0.2) is 0 Å². The van der Waals surface area contributed by atoms with Gasteiger partial charge in [-0.25, -0.2) is 4.79 Å². The molecular weight excluding hydrogens is 380 g/mol. The Bertz CT molecular complexity index is 1050. The number of nitrogens with zero attached hydrogens (tertiary/aromatic N) is 2. The molecule has 0 atom stereocenters. The molecule has 3 aromatic rings. The van der Waals surface area contributed by atoms with E-state index in [1.165, 1.54) is 0 Å². The van der Waals surface area contributed by atoms with E-state index in [9.17, 15) is 14.7 Å². The number of rotatable bonds is 9. The highest BCUT2D eigenvalue weighted by Crippen LogP contribution is 2.16. The van der Waals surface area contributed by atoms with Crippen molar-refractivity contribution in [1.29, 1.82) is 0 Å². The number of carbonyl (C=O) groups is 2. The molecule has 6 heteroatoms. The number of carboxylic acids is 1. The maximum absolute atomic E-state index is 12.0. The van der Waals surface area contributed by atoms with Crippen molar-refractivity contribution in [1.82, 2.24) is 9.88 Å². The van der Waals surface area contributed by atoms with Crippen molar-refractivity contribution in [3.63, 3.8) is 0 Å². The Morgan fingerprint density at radius 3 is 2.63 bits per heavy atom. The second-order valence-electron chi connectivity index (χ2n) is 7.26. The van der Waals surface area contributed by atoms with Crippen LogP contribution in [0.3, 0.4) is 0 Å². The van der Waals surface area contributed by atoms with Crippen molar-refractivity contribution >= 4 is 22.8 Å². The first-order chi connectivity index (χ1) is 14.5. The lowest BCUT2D eigenvalue weighted by Gasteiger charge is -2.21. The Balaban J connectivity index is 1.52. The van der Waals surface area contributed by atoms with Gasteiger partial charge in [-0.2, -0.15) is 0 Å². The van der Waals surface area contributed by atoms with Crippen molar-refractivity contribution in [3.05, 3.63) is 77.0 Å². The van der Waals surface area contributed by atoms with E-state index in [1.54, 1.807) is 30.9 Å². The number of carbonyl (C=O) groups excluding carboxylic acids is 1. The van der Waals surface area contributed by atoms with Crippen molar-refractivity contribution in [3.8, 4) is 0 Å². The molecule has 0 radical (unpaired) electrons. The highest BCUT2D eigenvalue weighted by atomic mass is 16.5. The zero-order valence-corrected chi connectivity index (χ0v) is 17.3. The summed E-state index contributed by atoms with van der Waals surface area (Å²) in [5.74, 6) is -0.964. The van der Waals surface area contributed by atoms with Gasteiger partial charge in [-0.1, -0.05) is 42.5 Å². The number of carboxylic acid groups (broad SMARTS) is 1. The van der Waals surface area contributed by atoms with Crippen LogP contribution in [-0.4, -0.2) is 40.0 Å². The van der Waals surface area contributed by atoms with Crippen molar-refractivity contribution in [2.24, 2.45) is 0 Å². The van der Waals surface area contributed by atoms with Crippen LogP contribution in [0.1, 0.15) is 40.5 Å². The largest absolute Gasteiger partial charge is 0.478 e. The fraction of sp³-hybridized carbons (Fsp3) is 0.292. The van der Waals surface area contributed by atoms with Crippen LogP contribution in [0.4, 0.5) is 0 Å². The number of pyridine rings is 1. The summed E-state index contributed by atoms with van der Waals surface area (Å²) >= 11 is 0. The lowest BCUT2D eigenvalue weighted by Crippen LogP contribution is -2.30. The third kappa shape index (κ3) is 5.42. The first kappa shape index (κ1) is 21.5. The Labute approximate surface area is 176 Å². The van der Waals surface area contributed by atoms with Gasteiger partial charge < -0.3 is 14.7 Å². The zero-order chi connectivity index (χ0) is 21.5. The topological polar surface area (TPSA) is 79.7 Å². The molecule has 0 unspecified atom stereocenters. The standard InChI is InChI=1S/C24H26N2O4/c1-17-7-5-9-20(23(17)24(28)29)16-30-14-6-13-26(18(2)27)15-21-12-11-19-8-3-4-10-22(19)25-21/h3-5,7-12H,6,13-16H2,1-2H3,(H,28,29). The highest BCUT2D eigenvalue weighted by Gasteiger charge is 2.13. The van der Waals surface area contributed by atoms with Crippen LogP contribution in [0.5, 0.6) is 0 Å². The number of para-hydroxylation sites is 1. The summed E-state index contributed by atoms with van der Waals surface area (Å²) in [6.07, 6.45) is 0.654. The smallest absolute Gasteiger partial charge is 0.336 e. The fourth-order valence-corrected chi connectivity index (χ4v) is 3.43. The van der Waals surface area contributed by atoms with Crippen LogP contribution in [0.25, 0.3) is 10.9 Å². The third-order valence-corrected chi connectivity index (χ3v) is 5.00. The van der Waals surface area contributed by atoms with Crippen molar-refractivity contribution in [2.45, 2.75) is 33.4 Å². The van der Waals surface area contributed by atoms with Gasteiger partial charge >= 0.3 is 5.97 Å². The van der Waals surface area contributed by atoms with Gasteiger partial charge in [0.25, 0.3) is 0 Å². The fourth-order valence-electron chi connectivity index (χ4n) is 3.43. The number of benzene rings is 2. The van der Waals surface area contributed by atoms with E-state index in [4.69, 9.17) is 4.74 Å². The molecule has 1 amide bonds. The second-order valence-corrected chi connectivity index (χ2v) is 7.26. The Kier molecular flexibility index (Phi) is 7.14. The van der Waals surface area contributed by atoms with Crippen LogP contribution < -0.4 is 0 Å². The summed E-state index contributed by atoms with van der Waals surface area (Å²) in [5.41, 5.74) is 3.43. The van der Waals surface area contributed by atoms with Crippen LogP contribution in [0, 0.1) is 6.92 Å². The molecule has 156 valence electrons. The Hall–Kier alpha value is -3.25. The molecule has 1 N–H and O–H groups in total. The minimum Gasteiger partial charge on any atom is -0.478 e. The molecular formula is C24H26N2O4. The quantitative estimate of drug-likeness (QED) is 0.539. The summed E-state index contributed by atoms with van der Waals surface area (Å²) in [6.45, 7) is 4.98. The molecule has 0 bridgehead atoms. The first-order valence-electron chi connectivity index (χ1n) is 9.95. The van der Waals surface area contributed by atoms with Crippen LogP contribution in [0.15, 0.2) is 54.6 Å². The monoisotopic (exact) mass is 406 g/mol. The summed E-state index contributed by atoms with van der Waals surface area (Å²) in [5, 5.41) is 10.5. The van der Waals surface area contributed by atoms with Gasteiger partial charge in [0.05, 0.1) is 29.9 Å². The molecule has 0 aliphatic carbocycles. The van der Waals surface area contributed by atoms with Gasteiger partial charge in [0.2, 0.25) is 5.91 Å². The predicted octanol–water partition coefficient (Wildman–Crippen LogP) is 4.20. The average Bonchev–Trinajstić information content (AvgIpc) is 2.72. The summed E-state index contributed by atoms with van der Waals surface area (Å²) in [4.78, 5) is 29.9. The molecule has 0 saturated heterocycles. The summed E-state index contributed by atoms with van der Waals surface area (Å²) < 4.78 is 5.69. The normalized spacial score (nSPS) is 10.9. The van der Waals surface area contributed by atoms with Gasteiger partial charge in [-0.15, -0.1) is 0 Å². The van der Waals surface area contributed by atoms with Gasteiger partial charge in [0.1, 0.15) is 0 Å². The third-order valence-electron chi connectivity index (χ3n) is 5.00. The molecule has 3 rings (SSSR count). The molecule has 30 heavy (non-hydrogen) atoms. The SMILES string of the molecule is CC(=O)N(CCCOCc1cccc(C)c1C(=O)O)Cc1ccc2ccccc2n1. The molecule has 0 spiro atoms. The van der Waals surface area contributed by atoms with Crippen LogP contribution >= 0.6 is 0 Å². The number of ether oxygens (including phenoxy) is 1. The number of aryl methyl sites for hydroxylation is 1. The maximum Gasteiger partial charge on any atom is 0.336 e. The number of hydrogen-bond acceptors (Lipinski definition) is 4. The molecule has 0 saturated carbocycles. The van der Waals surface area contributed by atoms with Crippen molar-refractivity contribution < 1.29 is 19.4 Å². The van der Waals surface area contributed by atoms with E-state index in [0.29, 0.717) is 42.8 Å². The highest BCUT2D eigenvalue weighted by molar-refractivity contribution is 5.91. The number of amides is 1. The lowest BCUT2D eigenvalue weighted by atomic mass is 10.0. The lowest BCUT2D eigenvalue weighted by molar-refractivity contribution is -0.129. The molecule has 1 heterocycles. The van der Waals surface area contributed by atoms with E-state index < -0.39 is 5.97 Å². The van der Waals surface area contributed by atoms with E-state index >= 15 is 0 Å². The van der Waals surface area contributed by atoms with E-state index in [2.05, 4.69) is 4.98 Å². The Morgan fingerprint density at radius 2 is 1.87 bits per heavy atom. The average molecular weight is 406 g/mol. The number of fused-ring (bicyclic) bond motifs is 1. The minimum atomic E-state index is -0.947. The van der Waals surface area contributed by atoms with Gasteiger partial charge in [0, 0.05) is 25.5 Å². The molecule has 6 nitrogen and oxygen atoms in total. The van der Waals surface area contributed by atoms with Crippen molar-refractivity contribution in [2.75, 3.05) is 13.2 Å². The molecule has 0 aliphatic heterocycles. The van der Waals surface area contributed by atoms with Crippen LogP contribution in [-0.2, 0) is 22.7 Å². The molecule has 1 aromatic heterocycles. The predicted molar refractivity (Wildman–Crippen MR) is 115 cm³/mol. The summed E-state index contributed by atoms with van der Waals surface area (Å²) in [6, 6.07) is 17.2. The number of aromatic carboxylic acids is 1. The second kappa shape index (κ2) is 9.98. The van der Waals surface area contributed by atoms with E-state index in [1.807, 2.05) is 42.5 Å². The van der Waals surface area contributed by atoms with E-state index in [0.717, 1.165) is 16.6 Å². The van der Waals surface area contributed by atoms with Gasteiger partial charge in [-0.3, -0.25) is 9.78 Å². The summed E-state index contributed by atoms with van der Waals surface area (Å²) in [7, 11) is 0. The number of aromatic nitrogens is 1. The first-order valence-corrected chi connectivity index (χ1v) is 9.95. The molecule has 0 fully saturated rings. The zero-order valence-electron chi connectivity index (χ0n) is 17.3. The molecule has 0 aliphatic rings. The Morgan fingerprint density at radius 1 is 1.07 bits per heavy atom. The minimum absolute atomic E-state index is 0.0168. The maximum atomic E-state index is 12.0. The number of hydrogen-bond donors (Lipinski definition) is 1. The van der Waals surface area contributed by atoms with Gasteiger partial charge in [-0.05, 0) is 36.6 Å². The van der Waals surface area contributed by atoms with E-state index in [-0.39, 0.29) is 12.5 Å². The van der Waals surface area contributed by atoms with Crippen LogP contribution in [0.2, 0.25) is 0 Å². The molecule has 2 aromatic carbocycles.